The topological polar surface area (TPSA) is 58.6 Å². The molecule has 0 spiro atoms. The maximum absolute atomic E-state index is 11.8. The maximum Gasteiger partial charge on any atom is 0.257 e. The van der Waals surface area contributed by atoms with E-state index in [1.807, 2.05) is 25.1 Å². The van der Waals surface area contributed by atoms with E-state index >= 15 is 0 Å². The first-order valence-electron chi connectivity index (χ1n) is 7.36. The molecule has 1 amide bonds. The van der Waals surface area contributed by atoms with Crippen molar-refractivity contribution >= 4 is 21.8 Å². The number of hydrogen-bond donors (Lipinski definition) is 2. The average molecular weight is 356 g/mol. The Hall–Kier alpha value is -1.07. The highest BCUT2D eigenvalue weighted by molar-refractivity contribution is 9.10. The average Bonchev–Trinajstić information content (AvgIpc) is 2.91. The van der Waals surface area contributed by atoms with Crippen molar-refractivity contribution in [1.29, 1.82) is 0 Å². The molecule has 1 aromatic carbocycles. The highest BCUT2D eigenvalue weighted by atomic mass is 79.9. The molecule has 0 heterocycles. The highest BCUT2D eigenvalue weighted by Gasteiger charge is 2.26. The summed E-state index contributed by atoms with van der Waals surface area (Å²) in [4.78, 5) is 11.8. The van der Waals surface area contributed by atoms with Crippen molar-refractivity contribution in [2.24, 2.45) is 11.8 Å². The van der Waals surface area contributed by atoms with Crippen LogP contribution in [-0.4, -0.2) is 30.8 Å². The zero-order valence-electron chi connectivity index (χ0n) is 12.3. The quantitative estimate of drug-likeness (QED) is 0.824. The number of amides is 1. The Morgan fingerprint density at radius 1 is 1.43 bits per heavy atom. The van der Waals surface area contributed by atoms with Gasteiger partial charge >= 0.3 is 0 Å². The summed E-state index contributed by atoms with van der Waals surface area (Å²) in [6, 6.07) is 5.76. The summed E-state index contributed by atoms with van der Waals surface area (Å²) in [6.45, 7) is 2.86. The predicted octanol–water partition coefficient (Wildman–Crippen LogP) is 2.66. The smallest absolute Gasteiger partial charge is 0.257 e. The van der Waals surface area contributed by atoms with Gasteiger partial charge in [0.25, 0.3) is 5.91 Å². The Morgan fingerprint density at radius 3 is 2.90 bits per heavy atom. The number of carbonyl (C=O) groups excluding carboxylic acids is 1. The third kappa shape index (κ3) is 4.71. The number of nitrogens with one attached hydrogen (secondary N) is 1. The van der Waals surface area contributed by atoms with Crippen LogP contribution in [0.2, 0.25) is 0 Å². The van der Waals surface area contributed by atoms with Crippen LogP contribution in [0, 0.1) is 18.8 Å². The summed E-state index contributed by atoms with van der Waals surface area (Å²) in [5.41, 5.74) is 1.13. The van der Waals surface area contributed by atoms with Gasteiger partial charge in [-0.3, -0.25) is 4.79 Å². The molecule has 1 saturated carbocycles. The number of hydrogen-bond acceptors (Lipinski definition) is 3. The van der Waals surface area contributed by atoms with Crippen LogP contribution in [0.1, 0.15) is 24.8 Å². The van der Waals surface area contributed by atoms with Crippen molar-refractivity contribution in [3.63, 3.8) is 0 Å². The lowest BCUT2D eigenvalue weighted by atomic mass is 9.97. The van der Waals surface area contributed by atoms with E-state index in [1.54, 1.807) is 0 Å². The SMILES string of the molecule is Cc1ccc(OCC(=O)NCC2CCCC2CO)c(Br)c1. The van der Waals surface area contributed by atoms with Gasteiger partial charge in [-0.15, -0.1) is 0 Å². The lowest BCUT2D eigenvalue weighted by molar-refractivity contribution is -0.123. The van der Waals surface area contributed by atoms with Crippen LogP contribution in [0.15, 0.2) is 22.7 Å². The van der Waals surface area contributed by atoms with Crippen LogP contribution >= 0.6 is 15.9 Å². The van der Waals surface area contributed by atoms with Gasteiger partial charge in [0.15, 0.2) is 6.61 Å². The fraction of sp³-hybridized carbons (Fsp3) is 0.562. The molecule has 1 aliphatic carbocycles. The molecule has 0 radical (unpaired) electrons. The summed E-state index contributed by atoms with van der Waals surface area (Å²) in [5, 5.41) is 12.2. The molecule has 2 atom stereocenters. The van der Waals surface area contributed by atoms with Crippen LogP contribution in [0.5, 0.6) is 5.75 Å². The third-order valence-corrected chi connectivity index (χ3v) is 4.68. The van der Waals surface area contributed by atoms with Crippen LogP contribution in [0.25, 0.3) is 0 Å². The van der Waals surface area contributed by atoms with Gasteiger partial charge in [-0.05, 0) is 65.2 Å². The van der Waals surface area contributed by atoms with Crippen molar-refractivity contribution in [3.8, 4) is 5.75 Å². The van der Waals surface area contributed by atoms with E-state index in [-0.39, 0.29) is 19.1 Å². The molecule has 0 bridgehead atoms. The van der Waals surface area contributed by atoms with Crippen LogP contribution < -0.4 is 10.1 Å². The molecule has 1 aromatic rings. The fourth-order valence-electron chi connectivity index (χ4n) is 2.78. The highest BCUT2D eigenvalue weighted by Crippen LogP contribution is 2.30. The molecule has 4 nitrogen and oxygen atoms in total. The zero-order valence-corrected chi connectivity index (χ0v) is 13.9. The number of carbonyl (C=O) groups is 1. The predicted molar refractivity (Wildman–Crippen MR) is 85.3 cm³/mol. The summed E-state index contributed by atoms with van der Waals surface area (Å²) < 4.78 is 6.37. The van der Waals surface area contributed by atoms with E-state index in [0.717, 1.165) is 29.3 Å². The molecule has 1 fully saturated rings. The van der Waals surface area contributed by atoms with Crippen LogP contribution in [-0.2, 0) is 4.79 Å². The zero-order chi connectivity index (χ0) is 15.2. The first-order valence-corrected chi connectivity index (χ1v) is 8.16. The molecule has 5 heteroatoms. The summed E-state index contributed by atoms with van der Waals surface area (Å²) >= 11 is 3.42. The minimum atomic E-state index is -0.119. The minimum Gasteiger partial charge on any atom is -0.483 e. The lowest BCUT2D eigenvalue weighted by Gasteiger charge is -2.18. The van der Waals surface area contributed by atoms with Gasteiger partial charge in [-0.25, -0.2) is 0 Å². The van der Waals surface area contributed by atoms with Crippen molar-refractivity contribution in [1.82, 2.24) is 5.32 Å². The third-order valence-electron chi connectivity index (χ3n) is 4.06. The van der Waals surface area contributed by atoms with Gasteiger partial charge in [0.05, 0.1) is 4.47 Å². The number of halogens is 1. The van der Waals surface area contributed by atoms with Gasteiger partial charge in [0, 0.05) is 13.2 Å². The second-order valence-corrected chi connectivity index (χ2v) is 6.51. The van der Waals surface area contributed by atoms with Gasteiger partial charge in [0.1, 0.15) is 5.75 Å². The van der Waals surface area contributed by atoms with E-state index in [4.69, 9.17) is 4.74 Å². The summed E-state index contributed by atoms with van der Waals surface area (Å²) in [5.74, 6) is 1.28. The molecular weight excluding hydrogens is 334 g/mol. The molecule has 21 heavy (non-hydrogen) atoms. The van der Waals surface area contributed by atoms with E-state index < -0.39 is 0 Å². The standard InChI is InChI=1S/C16H22BrNO3/c1-11-5-6-15(14(17)7-11)21-10-16(20)18-8-12-3-2-4-13(12)9-19/h5-7,12-13,19H,2-4,8-10H2,1H3,(H,18,20). The number of benzene rings is 1. The Bertz CT molecular complexity index is 492. The van der Waals surface area contributed by atoms with Crippen molar-refractivity contribution in [2.75, 3.05) is 19.8 Å². The molecule has 0 aliphatic heterocycles. The molecule has 0 aromatic heterocycles. The summed E-state index contributed by atoms with van der Waals surface area (Å²) in [6.07, 6.45) is 3.28. The number of ether oxygens (including phenoxy) is 1. The van der Waals surface area contributed by atoms with E-state index in [9.17, 15) is 9.90 Å². The summed E-state index contributed by atoms with van der Waals surface area (Å²) in [7, 11) is 0. The molecule has 1 aliphatic rings. The van der Waals surface area contributed by atoms with Crippen LogP contribution in [0.3, 0.4) is 0 Å². The van der Waals surface area contributed by atoms with Crippen LogP contribution in [0.4, 0.5) is 0 Å². The molecular formula is C16H22BrNO3. The Kier molecular flexibility index (Phi) is 6.06. The van der Waals surface area contributed by atoms with Crippen molar-refractivity contribution < 1.29 is 14.6 Å². The first kappa shape index (κ1) is 16.3. The van der Waals surface area contributed by atoms with Crippen molar-refractivity contribution in [2.45, 2.75) is 26.2 Å². The van der Waals surface area contributed by atoms with Gasteiger partial charge < -0.3 is 15.2 Å². The lowest BCUT2D eigenvalue weighted by Crippen LogP contribution is -2.34. The van der Waals surface area contributed by atoms with E-state index in [1.165, 1.54) is 0 Å². The number of aryl methyl sites for hydroxylation is 1. The second-order valence-electron chi connectivity index (χ2n) is 5.66. The Morgan fingerprint density at radius 2 is 2.19 bits per heavy atom. The fourth-order valence-corrected chi connectivity index (χ4v) is 3.39. The van der Waals surface area contributed by atoms with Gasteiger partial charge in [0.2, 0.25) is 0 Å². The molecule has 0 saturated heterocycles. The van der Waals surface area contributed by atoms with E-state index in [0.29, 0.717) is 24.1 Å². The number of aliphatic hydroxyl groups is 1. The molecule has 2 unspecified atom stereocenters. The second kappa shape index (κ2) is 7.80. The normalized spacial score (nSPS) is 21.3. The Balaban J connectivity index is 1.74. The number of rotatable bonds is 6. The minimum absolute atomic E-state index is 0.0121. The van der Waals surface area contributed by atoms with Crippen molar-refractivity contribution in [3.05, 3.63) is 28.2 Å². The monoisotopic (exact) mass is 355 g/mol. The maximum atomic E-state index is 11.8. The Labute approximate surface area is 134 Å². The molecule has 116 valence electrons. The molecule has 2 N–H and O–H groups in total. The number of aliphatic hydroxyl groups excluding tert-OH is 1. The van der Waals surface area contributed by atoms with E-state index in [2.05, 4.69) is 21.2 Å². The first-order chi connectivity index (χ1) is 10.1. The van der Waals surface area contributed by atoms with Gasteiger partial charge in [-0.2, -0.15) is 0 Å². The van der Waals surface area contributed by atoms with Gasteiger partial charge in [-0.1, -0.05) is 12.5 Å². The largest absolute Gasteiger partial charge is 0.483 e. The molecule has 2 rings (SSSR count).